The van der Waals surface area contributed by atoms with Crippen LogP contribution in [0.5, 0.6) is 0 Å². The fraction of sp³-hybridized carbons (Fsp3) is 0.130. The van der Waals surface area contributed by atoms with Crippen LogP contribution in [0.15, 0.2) is 65.8 Å². The summed E-state index contributed by atoms with van der Waals surface area (Å²) < 4.78 is 2.25. The highest BCUT2D eigenvalue weighted by atomic mass is 32.1. The van der Waals surface area contributed by atoms with Crippen LogP contribution >= 0.6 is 12.2 Å². The number of hydrogen-bond acceptors (Lipinski definition) is 4. The smallest absolute Gasteiger partial charge is 0.184 e. The molecule has 0 atom stereocenters. The highest BCUT2D eigenvalue weighted by molar-refractivity contribution is 7.80. The van der Waals surface area contributed by atoms with E-state index in [1.54, 1.807) is 6.21 Å². The molecule has 0 amide bonds. The van der Waals surface area contributed by atoms with Crippen molar-refractivity contribution in [1.29, 1.82) is 0 Å². The molecule has 2 aromatic heterocycles. The number of carbonyl (C=O) groups is 1. The first-order valence-electron chi connectivity index (χ1n) is 9.67. The number of benzene rings is 2. The summed E-state index contributed by atoms with van der Waals surface area (Å²) in [7, 11) is 0. The molecule has 0 radical (unpaired) electrons. The number of nitrogens with one attached hydrogen (secondary N) is 1. The van der Waals surface area contributed by atoms with Gasteiger partial charge in [-0.3, -0.25) is 10.2 Å². The summed E-state index contributed by atoms with van der Waals surface area (Å²) in [5, 5.41) is 6.19. The van der Waals surface area contributed by atoms with Crippen LogP contribution in [0, 0.1) is 0 Å². The van der Waals surface area contributed by atoms with Gasteiger partial charge in [-0.1, -0.05) is 48.5 Å². The van der Waals surface area contributed by atoms with Gasteiger partial charge in [-0.15, -0.1) is 0 Å². The van der Waals surface area contributed by atoms with Gasteiger partial charge in [-0.05, 0) is 42.8 Å². The van der Waals surface area contributed by atoms with Gasteiger partial charge in [0.05, 0.1) is 11.7 Å². The highest BCUT2D eigenvalue weighted by Gasteiger charge is 2.15. The van der Waals surface area contributed by atoms with E-state index in [0.29, 0.717) is 11.4 Å². The number of fused-ring (bicyclic) bond motifs is 3. The molecule has 0 saturated heterocycles. The Morgan fingerprint density at radius 3 is 2.67 bits per heavy atom. The highest BCUT2D eigenvalue weighted by Crippen LogP contribution is 2.31. The van der Waals surface area contributed by atoms with Gasteiger partial charge in [0, 0.05) is 22.8 Å². The molecular weight excluding hydrogens is 394 g/mol. The Bertz CT molecular complexity index is 1250. The summed E-state index contributed by atoms with van der Waals surface area (Å²) in [6, 6.07) is 20.4. The first-order valence-corrected chi connectivity index (χ1v) is 10.1. The fourth-order valence-electron chi connectivity index (χ4n) is 3.75. The molecule has 6 nitrogen and oxygen atoms in total. The lowest BCUT2D eigenvalue weighted by molar-refractivity contribution is 0.111. The van der Waals surface area contributed by atoms with E-state index in [9.17, 15) is 4.79 Å². The van der Waals surface area contributed by atoms with Crippen molar-refractivity contribution < 1.29 is 4.79 Å². The average Bonchev–Trinajstić information content (AvgIpc) is 3.08. The fourth-order valence-corrected chi connectivity index (χ4v) is 3.80. The summed E-state index contributed by atoms with van der Waals surface area (Å²) in [5.74, 6) is 0. The largest absolute Gasteiger partial charge is 0.375 e. The zero-order chi connectivity index (χ0) is 20.9. The van der Waals surface area contributed by atoms with Crippen molar-refractivity contribution in [2.75, 3.05) is 0 Å². The van der Waals surface area contributed by atoms with Crippen LogP contribution in [-0.4, -0.2) is 27.2 Å². The maximum atomic E-state index is 11.5. The van der Waals surface area contributed by atoms with Crippen molar-refractivity contribution in [3.63, 3.8) is 0 Å². The number of aldehydes is 1. The molecule has 2 aromatic carbocycles. The van der Waals surface area contributed by atoms with E-state index in [0.717, 1.165) is 47.5 Å². The summed E-state index contributed by atoms with van der Waals surface area (Å²) in [6.45, 7) is 0.810. The third-order valence-electron chi connectivity index (χ3n) is 4.97. The molecule has 0 aliphatic heterocycles. The van der Waals surface area contributed by atoms with Gasteiger partial charge in [0.15, 0.2) is 11.4 Å². The van der Waals surface area contributed by atoms with E-state index in [2.05, 4.69) is 56.5 Å². The number of hydrogen-bond donors (Lipinski definition) is 2. The van der Waals surface area contributed by atoms with E-state index in [1.807, 2.05) is 24.3 Å². The molecule has 3 N–H and O–H groups in total. The third kappa shape index (κ3) is 4.06. The van der Waals surface area contributed by atoms with Gasteiger partial charge in [0.2, 0.25) is 0 Å². The van der Waals surface area contributed by atoms with Gasteiger partial charge in [0.25, 0.3) is 0 Å². The van der Waals surface area contributed by atoms with E-state index in [1.165, 1.54) is 5.56 Å². The molecule has 0 unspecified atom stereocenters. The normalized spacial score (nSPS) is 11.3. The Morgan fingerprint density at radius 1 is 1.13 bits per heavy atom. The van der Waals surface area contributed by atoms with Gasteiger partial charge >= 0.3 is 0 Å². The van der Waals surface area contributed by atoms with E-state index >= 15 is 0 Å². The quantitative estimate of drug-likeness (QED) is 0.208. The number of carbonyl (C=O) groups excluding carboxylic acids is 1. The average molecular weight is 416 g/mol. The molecule has 0 spiro atoms. The van der Waals surface area contributed by atoms with Crippen molar-refractivity contribution in [2.24, 2.45) is 10.8 Å². The molecule has 30 heavy (non-hydrogen) atoms. The molecular formula is C23H21N5OS. The first-order chi connectivity index (χ1) is 14.7. The van der Waals surface area contributed by atoms with E-state index < -0.39 is 0 Å². The minimum absolute atomic E-state index is 0.0671. The van der Waals surface area contributed by atoms with Crippen molar-refractivity contribution in [1.82, 2.24) is 15.0 Å². The maximum absolute atomic E-state index is 11.5. The van der Waals surface area contributed by atoms with Crippen LogP contribution in [0.1, 0.15) is 28.2 Å². The molecule has 0 aliphatic carbocycles. The molecule has 0 fully saturated rings. The second-order valence-corrected chi connectivity index (χ2v) is 7.38. The number of rotatable bonds is 7. The number of hydrazone groups is 1. The second kappa shape index (κ2) is 8.84. The number of aryl methyl sites for hydroxylation is 2. The van der Waals surface area contributed by atoms with E-state index in [-0.39, 0.29) is 5.11 Å². The first kappa shape index (κ1) is 19.7. The molecule has 4 rings (SSSR count). The van der Waals surface area contributed by atoms with Gasteiger partial charge in [0.1, 0.15) is 11.4 Å². The maximum Gasteiger partial charge on any atom is 0.184 e. The summed E-state index contributed by atoms with van der Waals surface area (Å²) >= 11 is 4.81. The number of pyridine rings is 1. The Labute approximate surface area is 179 Å². The summed E-state index contributed by atoms with van der Waals surface area (Å²) in [5.41, 5.74) is 12.3. The number of thiocarbonyl (C=S) groups is 1. The summed E-state index contributed by atoms with van der Waals surface area (Å²) in [6.07, 6.45) is 4.25. The zero-order valence-corrected chi connectivity index (χ0v) is 17.1. The van der Waals surface area contributed by atoms with Crippen LogP contribution in [-0.2, 0) is 13.0 Å². The van der Waals surface area contributed by atoms with Crippen LogP contribution in [0.25, 0.3) is 21.8 Å². The predicted molar refractivity (Wildman–Crippen MR) is 125 cm³/mol. The molecule has 4 aromatic rings. The second-order valence-electron chi connectivity index (χ2n) is 6.94. The third-order valence-corrected chi connectivity index (χ3v) is 5.06. The standard InChI is InChI=1S/C23H21N5OS/c24-23(30)27-25-14-20-22-19(13-17(15-29)26-20)18-10-4-5-11-21(18)28(22)12-6-9-16-7-2-1-3-8-16/h1-5,7-8,10-11,13-15H,6,9,12H2,(H3,24,27,30)/b25-14+. The van der Waals surface area contributed by atoms with Crippen molar-refractivity contribution >= 4 is 51.6 Å². The zero-order valence-electron chi connectivity index (χ0n) is 16.3. The van der Waals surface area contributed by atoms with Gasteiger partial charge in [-0.25, -0.2) is 4.98 Å². The molecule has 0 saturated carbocycles. The van der Waals surface area contributed by atoms with E-state index in [4.69, 9.17) is 18.0 Å². The SMILES string of the molecule is NC(=S)N/N=C/c1nc(C=O)cc2c3ccccc3n(CCCc3ccccc3)c12. The molecule has 150 valence electrons. The number of para-hydroxylation sites is 1. The Hall–Kier alpha value is -3.58. The molecule has 7 heteroatoms. The topological polar surface area (TPSA) is 85.3 Å². The Kier molecular flexibility index (Phi) is 5.81. The monoisotopic (exact) mass is 415 g/mol. The molecule has 0 bridgehead atoms. The summed E-state index contributed by atoms with van der Waals surface area (Å²) in [4.78, 5) is 16.0. The van der Waals surface area contributed by atoms with Crippen LogP contribution in [0.2, 0.25) is 0 Å². The van der Waals surface area contributed by atoms with Gasteiger partial charge in [-0.2, -0.15) is 5.10 Å². The lowest BCUT2D eigenvalue weighted by Crippen LogP contribution is -2.24. The number of nitrogens with two attached hydrogens (primary N) is 1. The lowest BCUT2D eigenvalue weighted by atomic mass is 10.1. The molecule has 0 aliphatic rings. The minimum Gasteiger partial charge on any atom is -0.375 e. The van der Waals surface area contributed by atoms with Crippen molar-refractivity contribution in [2.45, 2.75) is 19.4 Å². The Balaban J connectivity index is 1.80. The number of nitrogens with zero attached hydrogens (tertiary/aromatic N) is 3. The minimum atomic E-state index is 0.0671. The number of aromatic nitrogens is 2. The van der Waals surface area contributed by atoms with Crippen molar-refractivity contribution in [3.8, 4) is 0 Å². The van der Waals surface area contributed by atoms with Crippen molar-refractivity contribution in [3.05, 3.63) is 77.6 Å². The predicted octanol–water partition coefficient (Wildman–Crippen LogP) is 3.80. The Morgan fingerprint density at radius 2 is 1.90 bits per heavy atom. The van der Waals surface area contributed by atoms with Gasteiger partial charge < -0.3 is 10.3 Å². The lowest BCUT2D eigenvalue weighted by Gasteiger charge is -2.09. The van der Waals surface area contributed by atoms with Crippen LogP contribution < -0.4 is 11.2 Å². The molecule has 2 heterocycles. The van der Waals surface area contributed by atoms with Crippen LogP contribution in [0.3, 0.4) is 0 Å². The van der Waals surface area contributed by atoms with Crippen LogP contribution in [0.4, 0.5) is 0 Å².